The molecular weight excluding hydrogens is 962 g/mol. The van der Waals surface area contributed by atoms with Gasteiger partial charge in [-0.1, -0.05) is 85.6 Å². The van der Waals surface area contributed by atoms with E-state index >= 15 is 0 Å². The maximum absolute atomic E-state index is 12.4. The van der Waals surface area contributed by atoms with Gasteiger partial charge in [-0.05, 0) is 94.0 Å². The summed E-state index contributed by atoms with van der Waals surface area (Å²) in [5.41, 5.74) is 6.91. The van der Waals surface area contributed by atoms with E-state index in [1.807, 2.05) is 32.5 Å². The van der Waals surface area contributed by atoms with E-state index in [2.05, 4.69) is 124 Å². The first-order valence-corrected chi connectivity index (χ1v) is 27.7. The second-order valence-corrected chi connectivity index (χ2v) is 25.5. The van der Waals surface area contributed by atoms with Gasteiger partial charge in [-0.3, -0.25) is 14.4 Å². The van der Waals surface area contributed by atoms with Gasteiger partial charge in [-0.25, -0.2) is 13.2 Å². The van der Waals surface area contributed by atoms with E-state index in [4.69, 9.17) is 4.74 Å². The molecule has 2 aromatic carbocycles. The normalized spacial score (nSPS) is 20.4. The van der Waals surface area contributed by atoms with Crippen molar-refractivity contribution >= 4 is 62.7 Å². The molecular formula is C55H81KN5O8S2+. The second kappa shape index (κ2) is 25.6. The van der Waals surface area contributed by atoms with Gasteiger partial charge in [-0.2, -0.15) is 16.3 Å². The number of rotatable bonds is 20. The number of esters is 1. The van der Waals surface area contributed by atoms with Crippen molar-refractivity contribution in [2.45, 2.75) is 180 Å². The van der Waals surface area contributed by atoms with Crippen molar-refractivity contribution in [1.82, 2.24) is 16.0 Å². The van der Waals surface area contributed by atoms with E-state index in [0.717, 1.165) is 61.4 Å². The molecule has 3 unspecified atom stereocenters. The van der Waals surface area contributed by atoms with Gasteiger partial charge >= 0.3 is 63.4 Å². The Hall–Kier alpha value is -2.83. The van der Waals surface area contributed by atoms with Crippen molar-refractivity contribution in [1.29, 1.82) is 0 Å². The van der Waals surface area contributed by atoms with E-state index in [1.165, 1.54) is 34.6 Å². The molecule has 4 heterocycles. The molecule has 6 rings (SSSR count). The van der Waals surface area contributed by atoms with Crippen LogP contribution < -0.4 is 72.2 Å². The van der Waals surface area contributed by atoms with Crippen LogP contribution >= 0.6 is 11.8 Å². The molecule has 0 aromatic heterocycles. The van der Waals surface area contributed by atoms with E-state index in [1.54, 1.807) is 6.07 Å². The fourth-order valence-corrected chi connectivity index (χ4v) is 11.9. The molecule has 0 saturated carbocycles. The molecule has 0 radical (unpaired) electrons. The van der Waals surface area contributed by atoms with Crippen LogP contribution in [0.25, 0.3) is 0 Å². The monoisotopic (exact) mass is 1040 g/mol. The van der Waals surface area contributed by atoms with Crippen molar-refractivity contribution in [3.05, 3.63) is 77.0 Å². The predicted octanol–water partition coefficient (Wildman–Crippen LogP) is 6.91. The third-order valence-electron chi connectivity index (χ3n) is 13.5. The van der Waals surface area contributed by atoms with Crippen LogP contribution in [0, 0.1) is 17.8 Å². The van der Waals surface area contributed by atoms with Crippen LogP contribution in [-0.4, -0.2) is 96.3 Å². The number of aryl methyl sites for hydroxylation is 1. The number of urea groups is 1. The molecule has 2 saturated heterocycles. The summed E-state index contributed by atoms with van der Waals surface area (Å²) in [5, 5.41) is 9.29. The number of allylic oxidation sites excluding steroid dienone is 4. The first kappa shape index (κ1) is 60.7. The SMILES string of the molecule is CC(C)(C)CC(=O)CCCCC1SCC2NC(=O)NC21.CCN1/C(=C/C=C/C2=[N+](CCCCCC(=O)NCCC(=O)OCC(C)(C)C)c3ccc(S(=O)(=O)[O-])cc3C2(C)C)C(C)(C)c2cc(C)ccc21.[K+]. The average molecular weight is 1040 g/mol. The number of carbonyl (C=O) groups is 4. The van der Waals surface area contributed by atoms with Crippen LogP contribution in [0.4, 0.5) is 16.2 Å². The number of nitrogens with zero attached hydrogens (tertiary/aromatic N) is 2. The third-order valence-corrected chi connectivity index (χ3v) is 15.8. The fourth-order valence-electron chi connectivity index (χ4n) is 9.90. The van der Waals surface area contributed by atoms with Crippen LogP contribution in [0.3, 0.4) is 0 Å². The number of nitrogens with one attached hydrogen (secondary N) is 3. The number of carbonyl (C=O) groups excluding carboxylic acids is 4. The molecule has 3 amide bonds. The molecule has 386 valence electrons. The topological polar surface area (TPSA) is 177 Å². The molecule has 0 spiro atoms. The Morgan fingerprint density at radius 1 is 0.915 bits per heavy atom. The van der Waals surface area contributed by atoms with Crippen molar-refractivity contribution < 1.29 is 92.8 Å². The zero-order valence-corrected chi connectivity index (χ0v) is 49.8. The van der Waals surface area contributed by atoms with Gasteiger partial charge in [0, 0.05) is 84.3 Å². The molecule has 4 aliphatic heterocycles. The largest absolute Gasteiger partial charge is 1.00 e. The number of anilines is 1. The van der Waals surface area contributed by atoms with Crippen LogP contribution in [0.15, 0.2) is 65.2 Å². The maximum Gasteiger partial charge on any atom is 1.00 e. The minimum absolute atomic E-state index is 0. The third kappa shape index (κ3) is 16.8. The Morgan fingerprint density at radius 3 is 2.28 bits per heavy atom. The standard InChI is InChI=1S/C40H55N3O6S.C15H26N2O2S.K/c1-10-42-32-20-18-28(2)25-30(32)39(6,7)34(42)15-14-16-35-40(8,9)31-26-29(50(46,47)48)19-21-33(31)43(35)24-13-11-12-17-36(44)41-23-22-37(45)49-27-38(3,4)5;1-15(2,3)8-10(18)6-4-5-7-12-13-11(9-20-12)16-14(19)17-13;/h14-16,18-21,25-26H,10-13,17,22-24,27H2,1-9H3,(H-,41,44,46,47,48);11-13H,4-9H2,1-3H3,(H2,16,17,19);/q;;+1. The summed E-state index contributed by atoms with van der Waals surface area (Å²) in [7, 11) is -4.62. The summed E-state index contributed by atoms with van der Waals surface area (Å²) in [6.07, 6.45) is 13.7. The Bertz CT molecular complexity index is 2450. The number of benzene rings is 2. The number of hydrogen-bond acceptors (Lipinski definition) is 10. The molecule has 3 atom stereocenters. The van der Waals surface area contributed by atoms with E-state index in [-0.39, 0.29) is 109 Å². The van der Waals surface area contributed by atoms with Crippen molar-refractivity contribution in [3.63, 3.8) is 0 Å². The Kier molecular flexibility index (Phi) is 21.9. The summed E-state index contributed by atoms with van der Waals surface area (Å²) < 4.78 is 43.4. The van der Waals surface area contributed by atoms with Crippen LogP contribution in [0.1, 0.15) is 157 Å². The molecule has 71 heavy (non-hydrogen) atoms. The Morgan fingerprint density at radius 2 is 1.62 bits per heavy atom. The summed E-state index contributed by atoms with van der Waals surface area (Å²) in [6, 6.07) is 11.8. The minimum Gasteiger partial charge on any atom is -0.744 e. The quantitative estimate of drug-likeness (QED) is 0.0316. The maximum atomic E-state index is 12.4. The predicted molar refractivity (Wildman–Crippen MR) is 281 cm³/mol. The number of hydrogen-bond donors (Lipinski definition) is 3. The Labute approximate surface area is 472 Å². The molecule has 3 N–H and O–H groups in total. The van der Waals surface area contributed by atoms with Gasteiger partial charge in [0.05, 0.1) is 35.4 Å². The van der Waals surface area contributed by atoms with Crippen LogP contribution in [0.5, 0.6) is 0 Å². The minimum atomic E-state index is -4.62. The van der Waals surface area contributed by atoms with Gasteiger partial charge in [-0.15, -0.1) is 0 Å². The van der Waals surface area contributed by atoms with Crippen LogP contribution in [-0.2, 0) is 40.1 Å². The second-order valence-electron chi connectivity index (χ2n) is 22.9. The smallest absolute Gasteiger partial charge is 0.744 e. The summed E-state index contributed by atoms with van der Waals surface area (Å²) >= 11 is 1.94. The first-order valence-electron chi connectivity index (χ1n) is 25.3. The molecule has 2 aromatic rings. The average Bonchev–Trinajstić information content (AvgIpc) is 3.93. The number of ketones is 1. The van der Waals surface area contributed by atoms with Crippen molar-refractivity contribution in [2.75, 3.05) is 36.9 Å². The van der Waals surface area contributed by atoms with Gasteiger partial charge in [0.1, 0.15) is 22.4 Å². The molecule has 13 nitrogen and oxygen atoms in total. The van der Waals surface area contributed by atoms with Crippen LogP contribution in [0.2, 0.25) is 0 Å². The zero-order valence-electron chi connectivity index (χ0n) is 45.0. The Balaban J connectivity index is 0.000000434. The van der Waals surface area contributed by atoms with Crippen molar-refractivity contribution in [2.24, 2.45) is 10.8 Å². The fraction of sp³-hybridized carbons (Fsp3) is 0.618. The summed E-state index contributed by atoms with van der Waals surface area (Å²) in [5.74, 6) is 0.979. The number of fused-ring (bicyclic) bond motifs is 3. The number of ether oxygens (including phenoxy) is 1. The number of Topliss-reactive ketones (excluding diaryl/α,β-unsaturated/α-hetero) is 1. The van der Waals surface area contributed by atoms with E-state index in [9.17, 15) is 32.1 Å². The number of likely N-dealkylation sites (N-methyl/N-ethyl adjacent to an activating group) is 1. The van der Waals surface area contributed by atoms with E-state index < -0.39 is 15.5 Å². The van der Waals surface area contributed by atoms with E-state index in [0.29, 0.717) is 55.9 Å². The van der Waals surface area contributed by atoms with Gasteiger partial charge in [0.25, 0.3) is 0 Å². The zero-order chi connectivity index (χ0) is 51.8. The number of unbranched alkanes of at least 4 members (excludes halogenated alkanes) is 3. The number of thioether (sulfide) groups is 1. The summed E-state index contributed by atoms with van der Waals surface area (Å²) in [6.45, 7) is 27.3. The van der Waals surface area contributed by atoms with Gasteiger partial charge in [0.2, 0.25) is 11.6 Å². The molecule has 0 bridgehead atoms. The van der Waals surface area contributed by atoms with Crippen molar-refractivity contribution in [3.8, 4) is 0 Å². The van der Waals surface area contributed by atoms with Gasteiger partial charge < -0.3 is 30.1 Å². The first-order chi connectivity index (χ1) is 32.6. The van der Waals surface area contributed by atoms with Gasteiger partial charge in [0.15, 0.2) is 5.71 Å². The summed E-state index contributed by atoms with van der Waals surface area (Å²) in [4.78, 5) is 49.6. The molecule has 16 heteroatoms. The molecule has 2 fully saturated rings. The molecule has 4 aliphatic rings. The number of amides is 3. The molecule has 0 aliphatic carbocycles.